The van der Waals surface area contributed by atoms with Gasteiger partial charge in [-0.15, -0.1) is 0 Å². The predicted octanol–water partition coefficient (Wildman–Crippen LogP) is 4.80. The number of esters is 1. The fraction of sp³-hybridized carbons (Fsp3) is 0.619. The predicted molar refractivity (Wildman–Crippen MR) is 98.0 cm³/mol. The highest BCUT2D eigenvalue weighted by molar-refractivity contribution is 6.11. The Morgan fingerprint density at radius 3 is 2.64 bits per heavy atom. The lowest BCUT2D eigenvalue weighted by molar-refractivity contribution is -0.140. The minimum absolute atomic E-state index is 0.107. The lowest BCUT2D eigenvalue weighted by atomic mass is 10.0. The van der Waals surface area contributed by atoms with Gasteiger partial charge >= 0.3 is 5.97 Å². The summed E-state index contributed by atoms with van der Waals surface area (Å²) >= 11 is 0. The van der Waals surface area contributed by atoms with Crippen LogP contribution in [0, 0.1) is 0 Å². The number of hydrogen-bond donors (Lipinski definition) is 0. The van der Waals surface area contributed by atoms with Crippen molar-refractivity contribution in [3.05, 3.63) is 35.1 Å². The third-order valence-electron chi connectivity index (χ3n) is 4.65. The smallest absolute Gasteiger partial charge is 0.305 e. The molecular weight excluding hydrogens is 316 g/mol. The van der Waals surface area contributed by atoms with E-state index in [1.807, 2.05) is 6.08 Å². The summed E-state index contributed by atoms with van der Waals surface area (Å²) in [6.45, 7) is 2.21. The number of ketones is 1. The molecule has 1 unspecified atom stereocenters. The molecule has 2 rings (SSSR count). The molecule has 25 heavy (non-hydrogen) atoms. The van der Waals surface area contributed by atoms with Crippen LogP contribution < -0.4 is 0 Å². The van der Waals surface area contributed by atoms with Crippen molar-refractivity contribution in [3.63, 3.8) is 0 Å². The molecule has 0 spiro atoms. The number of rotatable bonds is 12. The van der Waals surface area contributed by atoms with Crippen LogP contribution in [-0.4, -0.2) is 25.0 Å². The molecule has 0 N–H and O–H groups in total. The number of carbonyl (C=O) groups is 2. The molecule has 1 saturated heterocycles. The number of carbonyl (C=O) groups excluding carboxylic acids is 2. The third-order valence-corrected chi connectivity index (χ3v) is 4.65. The van der Waals surface area contributed by atoms with E-state index in [2.05, 4.69) is 23.8 Å². The fourth-order valence-electron chi connectivity index (χ4n) is 3.09. The first-order valence-corrected chi connectivity index (χ1v) is 9.58. The van der Waals surface area contributed by atoms with E-state index in [-0.39, 0.29) is 17.9 Å². The lowest BCUT2D eigenvalue weighted by Gasteiger charge is -2.03. The monoisotopic (exact) mass is 346 g/mol. The average Bonchev–Trinajstić information content (AvgIpc) is 3.36. The highest BCUT2D eigenvalue weighted by Crippen LogP contribution is 2.44. The Hall–Kier alpha value is -1.84. The van der Waals surface area contributed by atoms with E-state index in [4.69, 9.17) is 4.74 Å². The van der Waals surface area contributed by atoms with E-state index in [0.717, 1.165) is 49.0 Å². The number of ether oxygens (including phenoxy) is 2. The molecule has 0 radical (unpaired) electrons. The van der Waals surface area contributed by atoms with Crippen molar-refractivity contribution in [2.45, 2.75) is 77.2 Å². The van der Waals surface area contributed by atoms with Crippen LogP contribution in [0.25, 0.3) is 0 Å². The summed E-state index contributed by atoms with van der Waals surface area (Å²) in [4.78, 5) is 23.3. The normalized spacial score (nSPS) is 20.3. The van der Waals surface area contributed by atoms with Crippen LogP contribution in [0.4, 0.5) is 0 Å². The van der Waals surface area contributed by atoms with Crippen molar-refractivity contribution in [1.82, 2.24) is 0 Å². The van der Waals surface area contributed by atoms with Gasteiger partial charge in [0.2, 0.25) is 11.9 Å². The maximum atomic E-state index is 12.2. The minimum Gasteiger partial charge on any atom is -0.473 e. The van der Waals surface area contributed by atoms with Crippen LogP contribution in [0.1, 0.15) is 71.1 Å². The van der Waals surface area contributed by atoms with Gasteiger partial charge in [0, 0.05) is 17.6 Å². The highest BCUT2D eigenvalue weighted by atomic mass is 16.6. The van der Waals surface area contributed by atoms with Gasteiger partial charge < -0.3 is 9.47 Å². The zero-order valence-electron chi connectivity index (χ0n) is 15.5. The standard InChI is InChI=1S/C21H30O4/c1-3-4-5-6-7-11-14-17-16(19(23)21-20(17)25-21)13-10-8-9-12-15-18(22)24-2/h11,13-14,21H,3-10,12,15H2,1-2H3. The number of methoxy groups -OCH3 is 1. The summed E-state index contributed by atoms with van der Waals surface area (Å²) in [6.07, 6.45) is 16.1. The Bertz CT molecular complexity index is 568. The maximum Gasteiger partial charge on any atom is 0.305 e. The second-order valence-corrected chi connectivity index (χ2v) is 6.69. The summed E-state index contributed by atoms with van der Waals surface area (Å²) in [5.41, 5.74) is 1.81. The van der Waals surface area contributed by atoms with Crippen molar-refractivity contribution in [2.75, 3.05) is 7.11 Å². The second-order valence-electron chi connectivity index (χ2n) is 6.69. The Labute approximate surface area is 151 Å². The van der Waals surface area contributed by atoms with Crippen molar-refractivity contribution < 1.29 is 19.1 Å². The van der Waals surface area contributed by atoms with Gasteiger partial charge in [-0.2, -0.15) is 0 Å². The van der Waals surface area contributed by atoms with E-state index < -0.39 is 0 Å². The lowest BCUT2D eigenvalue weighted by Crippen LogP contribution is -2.06. The first-order chi connectivity index (χ1) is 12.2. The Kier molecular flexibility index (Phi) is 7.96. The quantitative estimate of drug-likeness (QED) is 0.220. The van der Waals surface area contributed by atoms with Gasteiger partial charge in [-0.3, -0.25) is 9.59 Å². The summed E-state index contributed by atoms with van der Waals surface area (Å²) in [7, 11) is 1.41. The molecule has 2 aliphatic rings. The Balaban J connectivity index is 1.75. The number of Topliss-reactive ketones (excluding diaryl/α,β-unsaturated/α-hetero) is 1. The van der Waals surface area contributed by atoms with Crippen LogP contribution in [0.15, 0.2) is 35.1 Å². The molecular formula is C21H30O4. The van der Waals surface area contributed by atoms with Gasteiger partial charge in [-0.05, 0) is 32.1 Å². The molecule has 0 bridgehead atoms. The summed E-state index contributed by atoms with van der Waals surface area (Å²) in [6, 6.07) is 0. The third kappa shape index (κ3) is 5.87. The van der Waals surface area contributed by atoms with E-state index in [9.17, 15) is 9.59 Å². The average molecular weight is 346 g/mol. The summed E-state index contributed by atoms with van der Waals surface area (Å²) in [5.74, 6) is 0.805. The van der Waals surface area contributed by atoms with Gasteiger partial charge in [0.15, 0.2) is 5.76 Å². The van der Waals surface area contributed by atoms with Crippen molar-refractivity contribution in [3.8, 4) is 0 Å². The van der Waals surface area contributed by atoms with Crippen molar-refractivity contribution in [2.24, 2.45) is 0 Å². The van der Waals surface area contributed by atoms with E-state index in [0.29, 0.717) is 6.42 Å². The number of unbranched alkanes of at least 4 members (excludes halogenated alkanes) is 7. The first-order valence-electron chi connectivity index (χ1n) is 9.58. The fourth-order valence-corrected chi connectivity index (χ4v) is 3.09. The molecule has 0 saturated carbocycles. The van der Waals surface area contributed by atoms with Crippen molar-refractivity contribution in [1.29, 1.82) is 0 Å². The van der Waals surface area contributed by atoms with Crippen LogP contribution in [0.2, 0.25) is 0 Å². The maximum absolute atomic E-state index is 12.2. The molecule has 1 aliphatic heterocycles. The highest BCUT2D eigenvalue weighted by Gasteiger charge is 2.50. The molecule has 138 valence electrons. The zero-order chi connectivity index (χ0) is 18.1. The van der Waals surface area contributed by atoms with Gasteiger partial charge in [-0.1, -0.05) is 50.8 Å². The van der Waals surface area contributed by atoms with Crippen molar-refractivity contribution >= 4 is 11.8 Å². The van der Waals surface area contributed by atoms with Crippen LogP contribution >= 0.6 is 0 Å². The zero-order valence-corrected chi connectivity index (χ0v) is 15.5. The van der Waals surface area contributed by atoms with Gasteiger partial charge in [0.05, 0.1) is 7.11 Å². The number of allylic oxidation sites excluding steroid dienone is 4. The van der Waals surface area contributed by atoms with Crippen LogP contribution in [-0.2, 0) is 19.1 Å². The largest absolute Gasteiger partial charge is 0.473 e. The van der Waals surface area contributed by atoms with Gasteiger partial charge in [-0.25, -0.2) is 0 Å². The molecule has 4 heteroatoms. The Morgan fingerprint density at radius 1 is 1.12 bits per heavy atom. The van der Waals surface area contributed by atoms with Gasteiger partial charge in [0.25, 0.3) is 0 Å². The Morgan fingerprint density at radius 2 is 1.88 bits per heavy atom. The summed E-state index contributed by atoms with van der Waals surface area (Å²) < 4.78 is 10.0. The number of hydrogen-bond acceptors (Lipinski definition) is 4. The molecule has 1 fully saturated rings. The SMILES string of the molecule is CCCCCCC=CC1=C2OC2C(=O)C1=CCCCCCC(=O)OC. The molecule has 1 aliphatic carbocycles. The van der Waals surface area contributed by atoms with E-state index in [1.165, 1.54) is 32.8 Å². The topological polar surface area (TPSA) is 55.9 Å². The van der Waals surface area contributed by atoms with Gasteiger partial charge in [0.1, 0.15) is 0 Å². The number of fused-ring (bicyclic) bond motifs is 1. The minimum atomic E-state index is -0.301. The number of epoxide rings is 1. The molecule has 1 atom stereocenters. The first kappa shape index (κ1) is 19.5. The van der Waals surface area contributed by atoms with E-state index in [1.54, 1.807) is 0 Å². The molecule has 4 nitrogen and oxygen atoms in total. The molecule has 0 aromatic rings. The molecule has 1 heterocycles. The van der Waals surface area contributed by atoms with E-state index >= 15 is 0 Å². The van der Waals surface area contributed by atoms with Crippen LogP contribution in [0.3, 0.4) is 0 Å². The second kappa shape index (κ2) is 10.2. The van der Waals surface area contributed by atoms with Crippen LogP contribution in [0.5, 0.6) is 0 Å². The molecule has 0 aromatic carbocycles. The molecule has 0 amide bonds. The molecule has 0 aromatic heterocycles. The summed E-state index contributed by atoms with van der Waals surface area (Å²) in [5, 5.41) is 0.